The fourth-order valence-electron chi connectivity index (χ4n) is 1.64. The average Bonchev–Trinajstić information content (AvgIpc) is 3.09. The Kier molecular flexibility index (Phi) is 4.01. The molecule has 0 spiro atoms. The van der Waals surface area contributed by atoms with Crippen LogP contribution in [0.5, 0.6) is 0 Å². The number of hydrogen-bond acceptors (Lipinski definition) is 3. The van der Waals surface area contributed by atoms with Crippen molar-refractivity contribution in [3.63, 3.8) is 0 Å². The SMILES string of the molecule is O=S(=O)(NCCCC1CC1)c1cnccc1Cl. The molecule has 1 fully saturated rings. The van der Waals surface area contributed by atoms with Crippen LogP contribution in [0, 0.1) is 5.92 Å². The summed E-state index contributed by atoms with van der Waals surface area (Å²) in [6.07, 6.45) is 7.30. The molecule has 17 heavy (non-hydrogen) atoms. The summed E-state index contributed by atoms with van der Waals surface area (Å²) in [5, 5.41) is 0.203. The van der Waals surface area contributed by atoms with E-state index in [-0.39, 0.29) is 9.92 Å². The van der Waals surface area contributed by atoms with E-state index >= 15 is 0 Å². The zero-order valence-corrected chi connectivity index (χ0v) is 11.0. The van der Waals surface area contributed by atoms with Gasteiger partial charge in [-0.05, 0) is 24.8 Å². The lowest BCUT2D eigenvalue weighted by molar-refractivity contribution is 0.572. The Labute approximate surface area is 106 Å². The Morgan fingerprint density at radius 2 is 2.24 bits per heavy atom. The minimum absolute atomic E-state index is 0.0492. The van der Waals surface area contributed by atoms with E-state index in [9.17, 15) is 8.42 Å². The van der Waals surface area contributed by atoms with Crippen LogP contribution in [0.3, 0.4) is 0 Å². The third-order valence-electron chi connectivity index (χ3n) is 2.80. The van der Waals surface area contributed by atoms with Gasteiger partial charge >= 0.3 is 0 Å². The van der Waals surface area contributed by atoms with Crippen molar-refractivity contribution in [1.82, 2.24) is 9.71 Å². The fraction of sp³-hybridized carbons (Fsp3) is 0.545. The molecule has 0 aromatic carbocycles. The van der Waals surface area contributed by atoms with Crippen molar-refractivity contribution in [2.75, 3.05) is 6.54 Å². The molecule has 0 aliphatic heterocycles. The van der Waals surface area contributed by atoms with Crippen molar-refractivity contribution < 1.29 is 8.42 Å². The molecule has 4 nitrogen and oxygen atoms in total. The summed E-state index contributed by atoms with van der Waals surface area (Å²) in [5.74, 6) is 0.821. The van der Waals surface area contributed by atoms with Gasteiger partial charge in [-0.2, -0.15) is 0 Å². The van der Waals surface area contributed by atoms with Crippen molar-refractivity contribution in [2.45, 2.75) is 30.6 Å². The third kappa shape index (κ3) is 3.66. The van der Waals surface area contributed by atoms with E-state index in [2.05, 4.69) is 9.71 Å². The number of pyridine rings is 1. The van der Waals surface area contributed by atoms with Crippen molar-refractivity contribution in [3.8, 4) is 0 Å². The maximum Gasteiger partial charge on any atom is 0.243 e. The number of nitrogens with one attached hydrogen (secondary N) is 1. The maximum atomic E-state index is 11.9. The van der Waals surface area contributed by atoms with Crippen LogP contribution in [-0.2, 0) is 10.0 Å². The highest BCUT2D eigenvalue weighted by atomic mass is 35.5. The first-order valence-electron chi connectivity index (χ1n) is 5.69. The van der Waals surface area contributed by atoms with E-state index in [1.165, 1.54) is 31.3 Å². The standard InChI is InChI=1S/C11H15ClN2O2S/c12-10-5-7-13-8-11(10)17(15,16)14-6-1-2-9-3-4-9/h5,7-9,14H,1-4,6H2. The molecule has 1 aliphatic carbocycles. The second kappa shape index (κ2) is 5.33. The van der Waals surface area contributed by atoms with E-state index in [1.54, 1.807) is 0 Å². The summed E-state index contributed by atoms with van der Waals surface area (Å²) in [7, 11) is -3.51. The molecule has 6 heteroatoms. The lowest BCUT2D eigenvalue weighted by atomic mass is 10.2. The number of hydrogen-bond donors (Lipinski definition) is 1. The quantitative estimate of drug-likeness (QED) is 0.809. The number of rotatable bonds is 6. The second-order valence-corrected chi connectivity index (χ2v) is 6.43. The van der Waals surface area contributed by atoms with Crippen LogP contribution >= 0.6 is 11.6 Å². The first-order valence-corrected chi connectivity index (χ1v) is 7.55. The number of nitrogens with zero attached hydrogens (tertiary/aromatic N) is 1. The molecule has 1 heterocycles. The first kappa shape index (κ1) is 12.8. The van der Waals surface area contributed by atoms with Gasteiger partial charge in [-0.1, -0.05) is 24.4 Å². The average molecular weight is 275 g/mol. The molecule has 0 bridgehead atoms. The van der Waals surface area contributed by atoms with Gasteiger partial charge in [0.1, 0.15) is 4.90 Å². The van der Waals surface area contributed by atoms with Crippen LogP contribution in [-0.4, -0.2) is 19.9 Å². The molecule has 0 amide bonds. The van der Waals surface area contributed by atoms with Crippen LogP contribution in [0.1, 0.15) is 25.7 Å². The molecular weight excluding hydrogens is 260 g/mol. The summed E-state index contributed by atoms with van der Waals surface area (Å²) in [6.45, 7) is 0.462. The van der Waals surface area contributed by atoms with Gasteiger partial charge in [-0.15, -0.1) is 0 Å². The van der Waals surface area contributed by atoms with Gasteiger partial charge in [0.15, 0.2) is 0 Å². The molecule has 0 unspecified atom stereocenters. The number of halogens is 1. The van der Waals surface area contributed by atoms with E-state index in [1.807, 2.05) is 0 Å². The summed E-state index contributed by atoms with van der Waals surface area (Å²) in [5.41, 5.74) is 0. The zero-order valence-electron chi connectivity index (χ0n) is 9.39. The van der Waals surface area contributed by atoms with Gasteiger partial charge in [0.2, 0.25) is 10.0 Å². The molecular formula is C11H15ClN2O2S. The fourth-order valence-corrected chi connectivity index (χ4v) is 3.15. The first-order chi connectivity index (χ1) is 8.09. The highest BCUT2D eigenvalue weighted by Gasteiger charge is 2.21. The summed E-state index contributed by atoms with van der Waals surface area (Å²) >= 11 is 5.82. The van der Waals surface area contributed by atoms with Crippen LogP contribution in [0.4, 0.5) is 0 Å². The predicted octanol–water partition coefficient (Wildman–Crippen LogP) is 2.20. The predicted molar refractivity (Wildman–Crippen MR) is 66.4 cm³/mol. The summed E-state index contributed by atoms with van der Waals surface area (Å²) in [6, 6.07) is 1.47. The van der Waals surface area contributed by atoms with Gasteiger partial charge in [-0.25, -0.2) is 13.1 Å². The molecule has 1 N–H and O–H groups in total. The molecule has 0 radical (unpaired) electrons. The Morgan fingerprint density at radius 3 is 2.88 bits per heavy atom. The highest BCUT2D eigenvalue weighted by Crippen LogP contribution is 2.33. The molecule has 1 aromatic heterocycles. The van der Waals surface area contributed by atoms with Crippen LogP contribution in [0.2, 0.25) is 5.02 Å². The monoisotopic (exact) mass is 274 g/mol. The molecule has 1 aliphatic rings. The third-order valence-corrected chi connectivity index (χ3v) is 4.73. The highest BCUT2D eigenvalue weighted by molar-refractivity contribution is 7.89. The normalized spacial score (nSPS) is 16.1. The van der Waals surface area contributed by atoms with Gasteiger partial charge in [0.05, 0.1) is 5.02 Å². The largest absolute Gasteiger partial charge is 0.263 e. The van der Waals surface area contributed by atoms with Crippen LogP contribution in [0.25, 0.3) is 0 Å². The summed E-state index contributed by atoms with van der Waals surface area (Å²) in [4.78, 5) is 3.82. The lowest BCUT2D eigenvalue weighted by Gasteiger charge is -2.07. The van der Waals surface area contributed by atoms with Crippen molar-refractivity contribution >= 4 is 21.6 Å². The van der Waals surface area contributed by atoms with Crippen molar-refractivity contribution in [3.05, 3.63) is 23.5 Å². The smallest absolute Gasteiger partial charge is 0.243 e. The summed E-state index contributed by atoms with van der Waals surface area (Å²) < 4.78 is 26.3. The van der Waals surface area contributed by atoms with Gasteiger partial charge in [0, 0.05) is 18.9 Å². The van der Waals surface area contributed by atoms with Crippen LogP contribution < -0.4 is 4.72 Å². The Hall–Kier alpha value is -0.650. The molecule has 0 saturated heterocycles. The molecule has 1 saturated carbocycles. The van der Waals surface area contributed by atoms with Gasteiger partial charge in [0.25, 0.3) is 0 Å². The second-order valence-electron chi connectivity index (χ2n) is 4.29. The molecule has 0 atom stereocenters. The van der Waals surface area contributed by atoms with Crippen LogP contribution in [0.15, 0.2) is 23.4 Å². The van der Waals surface area contributed by atoms with E-state index in [4.69, 9.17) is 11.6 Å². The number of aromatic nitrogens is 1. The van der Waals surface area contributed by atoms with Gasteiger partial charge in [-0.3, -0.25) is 4.98 Å². The zero-order chi connectivity index (χ0) is 12.3. The topological polar surface area (TPSA) is 59.1 Å². The number of sulfonamides is 1. The Bertz CT molecular complexity index is 486. The minimum atomic E-state index is -3.51. The van der Waals surface area contributed by atoms with Crippen molar-refractivity contribution in [2.24, 2.45) is 5.92 Å². The molecule has 1 aromatic rings. The van der Waals surface area contributed by atoms with E-state index in [0.29, 0.717) is 6.54 Å². The maximum absolute atomic E-state index is 11.9. The van der Waals surface area contributed by atoms with E-state index < -0.39 is 10.0 Å². The lowest BCUT2D eigenvalue weighted by Crippen LogP contribution is -2.25. The Morgan fingerprint density at radius 1 is 1.47 bits per heavy atom. The van der Waals surface area contributed by atoms with Gasteiger partial charge < -0.3 is 0 Å². The Balaban J connectivity index is 1.91. The molecule has 94 valence electrons. The minimum Gasteiger partial charge on any atom is -0.263 e. The van der Waals surface area contributed by atoms with Crippen molar-refractivity contribution in [1.29, 1.82) is 0 Å². The molecule has 2 rings (SSSR count). The van der Waals surface area contributed by atoms with E-state index in [0.717, 1.165) is 18.8 Å².